The van der Waals surface area contributed by atoms with Gasteiger partial charge in [-0.25, -0.2) is 0 Å². The van der Waals surface area contributed by atoms with Gasteiger partial charge in [-0.15, -0.1) is 0 Å². The standard InChI is InChI=1S/C20H20N2O3/c23-18(20(25)22-12-10-15-6-2-4-8-17(15)22)13-19(24)21-11-9-14-5-1-3-7-16(14)21/h1-8,18,23H,9-13H2/t18-/m0/s1. The van der Waals surface area contributed by atoms with E-state index < -0.39 is 12.0 Å². The molecule has 1 atom stereocenters. The minimum absolute atomic E-state index is 0.189. The average molecular weight is 336 g/mol. The first-order valence-electron chi connectivity index (χ1n) is 8.61. The van der Waals surface area contributed by atoms with E-state index in [-0.39, 0.29) is 12.3 Å². The van der Waals surface area contributed by atoms with Crippen LogP contribution in [0.3, 0.4) is 0 Å². The molecule has 0 aromatic heterocycles. The van der Waals surface area contributed by atoms with Crippen molar-refractivity contribution in [2.75, 3.05) is 22.9 Å². The molecule has 128 valence electrons. The first-order chi connectivity index (χ1) is 12.1. The number of hydrogen-bond donors (Lipinski definition) is 1. The number of carbonyl (C=O) groups is 2. The smallest absolute Gasteiger partial charge is 0.256 e. The number of fused-ring (bicyclic) bond motifs is 2. The van der Waals surface area contributed by atoms with Crippen LogP contribution in [0.25, 0.3) is 0 Å². The van der Waals surface area contributed by atoms with Crippen LogP contribution in [-0.4, -0.2) is 36.1 Å². The summed E-state index contributed by atoms with van der Waals surface area (Å²) in [6.07, 6.45) is 0.0887. The van der Waals surface area contributed by atoms with E-state index in [4.69, 9.17) is 0 Å². The van der Waals surface area contributed by atoms with Gasteiger partial charge < -0.3 is 14.9 Å². The zero-order valence-electron chi connectivity index (χ0n) is 13.9. The largest absolute Gasteiger partial charge is 0.383 e. The molecule has 0 saturated heterocycles. The van der Waals surface area contributed by atoms with Crippen molar-refractivity contribution in [1.82, 2.24) is 0 Å². The summed E-state index contributed by atoms with van der Waals surface area (Å²) in [6.45, 7) is 1.15. The van der Waals surface area contributed by atoms with Crippen molar-refractivity contribution in [3.63, 3.8) is 0 Å². The highest BCUT2D eigenvalue weighted by Gasteiger charge is 2.32. The summed E-state index contributed by atoms with van der Waals surface area (Å²) in [5, 5.41) is 10.3. The maximum absolute atomic E-state index is 12.6. The highest BCUT2D eigenvalue weighted by molar-refractivity contribution is 6.03. The average Bonchev–Trinajstić information content (AvgIpc) is 3.25. The number of aliphatic hydroxyl groups is 1. The van der Waals surface area contributed by atoms with Crippen molar-refractivity contribution >= 4 is 23.2 Å². The van der Waals surface area contributed by atoms with Crippen LogP contribution in [0.5, 0.6) is 0 Å². The lowest BCUT2D eigenvalue weighted by molar-refractivity contribution is -0.131. The number of aliphatic hydroxyl groups excluding tert-OH is 1. The van der Waals surface area contributed by atoms with Crippen molar-refractivity contribution in [1.29, 1.82) is 0 Å². The van der Waals surface area contributed by atoms with Gasteiger partial charge in [-0.3, -0.25) is 9.59 Å². The molecule has 1 N–H and O–H groups in total. The van der Waals surface area contributed by atoms with E-state index in [2.05, 4.69) is 0 Å². The molecular weight excluding hydrogens is 316 g/mol. The van der Waals surface area contributed by atoms with Crippen molar-refractivity contribution in [2.24, 2.45) is 0 Å². The fourth-order valence-corrected chi connectivity index (χ4v) is 3.71. The summed E-state index contributed by atoms with van der Waals surface area (Å²) in [5.74, 6) is -0.607. The van der Waals surface area contributed by atoms with E-state index >= 15 is 0 Å². The predicted octanol–water partition coefficient (Wildman–Crippen LogP) is 1.92. The van der Waals surface area contributed by atoms with Crippen LogP contribution in [0.1, 0.15) is 17.5 Å². The molecule has 2 heterocycles. The Bertz CT molecular complexity index is 833. The maximum Gasteiger partial charge on any atom is 0.256 e. The second kappa shape index (κ2) is 6.33. The fraction of sp³-hybridized carbons (Fsp3) is 0.300. The van der Waals surface area contributed by atoms with Gasteiger partial charge in [0.1, 0.15) is 6.10 Å². The van der Waals surface area contributed by atoms with Gasteiger partial charge in [-0.05, 0) is 36.1 Å². The molecule has 25 heavy (non-hydrogen) atoms. The van der Waals surface area contributed by atoms with Gasteiger partial charge in [0.15, 0.2) is 0 Å². The van der Waals surface area contributed by atoms with E-state index in [0.29, 0.717) is 13.1 Å². The number of amides is 2. The van der Waals surface area contributed by atoms with Crippen LogP contribution in [-0.2, 0) is 22.4 Å². The van der Waals surface area contributed by atoms with Crippen LogP contribution in [0.4, 0.5) is 11.4 Å². The molecule has 0 bridgehead atoms. The Labute approximate surface area is 146 Å². The van der Waals surface area contributed by atoms with E-state index in [1.54, 1.807) is 9.80 Å². The lowest BCUT2D eigenvalue weighted by Gasteiger charge is -2.23. The maximum atomic E-state index is 12.6. The topological polar surface area (TPSA) is 60.9 Å². The summed E-state index contributed by atoms with van der Waals surface area (Å²) in [6, 6.07) is 15.5. The SMILES string of the molecule is O=C(C[C@H](O)C(=O)N1CCc2ccccc21)N1CCc2ccccc21. The van der Waals surface area contributed by atoms with Gasteiger partial charge in [0.25, 0.3) is 5.91 Å². The summed E-state index contributed by atoms with van der Waals surface area (Å²) in [4.78, 5) is 28.4. The molecule has 0 spiro atoms. The molecule has 0 saturated carbocycles. The molecular formula is C20H20N2O3. The monoisotopic (exact) mass is 336 g/mol. The summed E-state index contributed by atoms with van der Waals surface area (Å²) >= 11 is 0. The molecule has 0 radical (unpaired) electrons. The molecule has 2 aliphatic heterocycles. The predicted molar refractivity (Wildman–Crippen MR) is 95.6 cm³/mol. The molecule has 5 heteroatoms. The number of rotatable bonds is 3. The van der Waals surface area contributed by atoms with Crippen molar-refractivity contribution in [2.45, 2.75) is 25.4 Å². The van der Waals surface area contributed by atoms with E-state index in [9.17, 15) is 14.7 Å². The Morgan fingerprint density at radius 3 is 2.04 bits per heavy atom. The van der Waals surface area contributed by atoms with E-state index in [1.165, 1.54) is 0 Å². The lowest BCUT2D eigenvalue weighted by atomic mass is 10.1. The molecule has 2 aromatic rings. The van der Waals surface area contributed by atoms with Crippen LogP contribution in [0.15, 0.2) is 48.5 Å². The second-order valence-electron chi connectivity index (χ2n) is 6.51. The molecule has 2 amide bonds. The van der Waals surface area contributed by atoms with Crippen LogP contribution >= 0.6 is 0 Å². The summed E-state index contributed by atoms with van der Waals surface area (Å²) < 4.78 is 0. The molecule has 2 aliphatic rings. The Kier molecular flexibility index (Phi) is 4.01. The number of para-hydroxylation sites is 2. The molecule has 2 aromatic carbocycles. The van der Waals surface area contributed by atoms with Gasteiger partial charge >= 0.3 is 0 Å². The third kappa shape index (κ3) is 2.81. The molecule has 0 aliphatic carbocycles. The third-order valence-electron chi connectivity index (χ3n) is 4.99. The Morgan fingerprint density at radius 1 is 0.880 bits per heavy atom. The summed E-state index contributed by atoms with van der Waals surface area (Å²) in [7, 11) is 0. The van der Waals surface area contributed by atoms with Crippen molar-refractivity contribution < 1.29 is 14.7 Å². The number of benzene rings is 2. The third-order valence-corrected chi connectivity index (χ3v) is 4.99. The van der Waals surface area contributed by atoms with Crippen LogP contribution in [0, 0.1) is 0 Å². The van der Waals surface area contributed by atoms with Gasteiger partial charge in [0.2, 0.25) is 5.91 Å². The Balaban J connectivity index is 1.45. The van der Waals surface area contributed by atoms with Gasteiger partial charge in [-0.1, -0.05) is 36.4 Å². The Hall–Kier alpha value is -2.66. The van der Waals surface area contributed by atoms with Gasteiger partial charge in [0.05, 0.1) is 6.42 Å². The molecule has 0 unspecified atom stereocenters. The Morgan fingerprint density at radius 2 is 1.40 bits per heavy atom. The zero-order valence-corrected chi connectivity index (χ0v) is 13.9. The summed E-state index contributed by atoms with van der Waals surface area (Å²) in [5.41, 5.74) is 3.96. The number of carbonyl (C=O) groups excluding carboxylic acids is 2. The lowest BCUT2D eigenvalue weighted by Crippen LogP contribution is -2.41. The van der Waals surface area contributed by atoms with E-state index in [1.807, 2.05) is 48.5 Å². The second-order valence-corrected chi connectivity index (χ2v) is 6.51. The van der Waals surface area contributed by atoms with Crippen LogP contribution < -0.4 is 9.80 Å². The number of hydrogen-bond acceptors (Lipinski definition) is 3. The number of nitrogens with zero attached hydrogens (tertiary/aromatic N) is 2. The molecule has 4 rings (SSSR count). The van der Waals surface area contributed by atoms with Gasteiger partial charge in [-0.2, -0.15) is 0 Å². The first-order valence-corrected chi connectivity index (χ1v) is 8.61. The quantitative estimate of drug-likeness (QED) is 0.931. The van der Waals surface area contributed by atoms with E-state index in [0.717, 1.165) is 35.3 Å². The van der Waals surface area contributed by atoms with Crippen molar-refractivity contribution in [3.8, 4) is 0 Å². The van der Waals surface area contributed by atoms with Gasteiger partial charge in [0, 0.05) is 24.5 Å². The zero-order chi connectivity index (χ0) is 17.4. The highest BCUT2D eigenvalue weighted by Crippen LogP contribution is 2.30. The first kappa shape index (κ1) is 15.8. The fourth-order valence-electron chi connectivity index (χ4n) is 3.71. The number of anilines is 2. The molecule has 0 fully saturated rings. The van der Waals surface area contributed by atoms with Crippen molar-refractivity contribution in [3.05, 3.63) is 59.7 Å². The minimum atomic E-state index is -1.31. The normalized spacial score (nSPS) is 16.5. The molecule has 5 nitrogen and oxygen atoms in total. The van der Waals surface area contributed by atoms with Crippen LogP contribution in [0.2, 0.25) is 0 Å². The minimum Gasteiger partial charge on any atom is -0.383 e. The highest BCUT2D eigenvalue weighted by atomic mass is 16.3.